The molecule has 1 amide bonds. The summed E-state index contributed by atoms with van der Waals surface area (Å²) < 4.78 is 5.68. The molecule has 0 aromatic rings. The molecule has 4 nitrogen and oxygen atoms in total. The summed E-state index contributed by atoms with van der Waals surface area (Å²) in [6, 6.07) is 0. The Kier molecular flexibility index (Phi) is 4.04. The van der Waals surface area contributed by atoms with Gasteiger partial charge in [-0.3, -0.25) is 10.1 Å². The predicted octanol–water partition coefficient (Wildman–Crippen LogP) is 2.14. The van der Waals surface area contributed by atoms with E-state index in [1.165, 1.54) is 25.7 Å². The van der Waals surface area contributed by atoms with Crippen LogP contribution in [-0.2, 0) is 9.53 Å². The highest BCUT2D eigenvalue weighted by atomic mass is 16.5. The molecule has 1 unspecified atom stereocenters. The Bertz CT molecular complexity index is 359. The second-order valence-corrected chi connectivity index (χ2v) is 7.18. The van der Waals surface area contributed by atoms with Gasteiger partial charge in [0.15, 0.2) is 0 Å². The summed E-state index contributed by atoms with van der Waals surface area (Å²) in [5.41, 5.74) is -0.175. The molecule has 1 aliphatic heterocycles. The number of hydrogen-bond donors (Lipinski definition) is 1. The van der Waals surface area contributed by atoms with Crippen molar-refractivity contribution in [3.63, 3.8) is 0 Å². The van der Waals surface area contributed by atoms with Gasteiger partial charge in [0.1, 0.15) is 0 Å². The molecule has 0 aromatic heterocycles. The number of carbonyl (C=O) groups excluding carboxylic acids is 1. The van der Waals surface area contributed by atoms with Crippen molar-refractivity contribution in [3.8, 4) is 0 Å². The summed E-state index contributed by atoms with van der Waals surface area (Å²) in [4.78, 5) is 14.7. The SMILES string of the molecule is CC(C)COCCN1C(=O)C2(CC2)NC1C1CCCC1. The molecule has 4 heteroatoms. The maximum absolute atomic E-state index is 12.6. The van der Waals surface area contributed by atoms with Gasteiger partial charge < -0.3 is 9.64 Å². The Hall–Kier alpha value is -0.610. The lowest BCUT2D eigenvalue weighted by atomic mass is 10.0. The number of ether oxygens (including phenoxy) is 1. The zero-order chi connectivity index (χ0) is 14.2. The van der Waals surface area contributed by atoms with E-state index in [1.54, 1.807) is 0 Å². The first kappa shape index (κ1) is 14.3. The third-order valence-corrected chi connectivity index (χ3v) is 4.95. The average molecular weight is 280 g/mol. The van der Waals surface area contributed by atoms with Crippen LogP contribution in [0.15, 0.2) is 0 Å². The summed E-state index contributed by atoms with van der Waals surface area (Å²) in [5.74, 6) is 1.55. The molecule has 1 heterocycles. The first-order valence-electron chi connectivity index (χ1n) is 8.29. The molecule has 114 valence electrons. The number of nitrogens with zero attached hydrogens (tertiary/aromatic N) is 1. The highest BCUT2D eigenvalue weighted by molar-refractivity contribution is 5.91. The molecular weight excluding hydrogens is 252 g/mol. The van der Waals surface area contributed by atoms with Crippen molar-refractivity contribution >= 4 is 5.91 Å². The lowest BCUT2D eigenvalue weighted by Gasteiger charge is -2.29. The molecule has 3 fully saturated rings. The van der Waals surface area contributed by atoms with Gasteiger partial charge in [0, 0.05) is 13.2 Å². The topological polar surface area (TPSA) is 41.6 Å². The van der Waals surface area contributed by atoms with Crippen LogP contribution in [-0.4, -0.2) is 42.3 Å². The lowest BCUT2D eigenvalue weighted by Crippen LogP contribution is -2.44. The molecule has 0 bridgehead atoms. The smallest absolute Gasteiger partial charge is 0.244 e. The largest absolute Gasteiger partial charge is 0.379 e. The third kappa shape index (κ3) is 2.73. The van der Waals surface area contributed by atoms with Crippen LogP contribution in [0.3, 0.4) is 0 Å². The Balaban J connectivity index is 1.58. The Morgan fingerprint density at radius 3 is 2.65 bits per heavy atom. The van der Waals surface area contributed by atoms with Crippen molar-refractivity contribution in [2.75, 3.05) is 19.8 Å². The first-order valence-corrected chi connectivity index (χ1v) is 8.29. The van der Waals surface area contributed by atoms with Gasteiger partial charge in [-0.05, 0) is 37.5 Å². The van der Waals surface area contributed by atoms with Crippen LogP contribution in [0.1, 0.15) is 52.4 Å². The molecule has 20 heavy (non-hydrogen) atoms. The van der Waals surface area contributed by atoms with Crippen LogP contribution in [0.2, 0.25) is 0 Å². The Morgan fingerprint density at radius 2 is 2.05 bits per heavy atom. The van der Waals surface area contributed by atoms with E-state index in [0.29, 0.717) is 24.3 Å². The molecule has 1 N–H and O–H groups in total. The second kappa shape index (κ2) is 5.64. The van der Waals surface area contributed by atoms with Gasteiger partial charge in [-0.1, -0.05) is 26.7 Å². The van der Waals surface area contributed by atoms with Crippen LogP contribution in [0, 0.1) is 11.8 Å². The minimum Gasteiger partial charge on any atom is -0.379 e. The number of rotatable bonds is 6. The highest BCUT2D eigenvalue weighted by Crippen LogP contribution is 2.45. The number of nitrogens with one attached hydrogen (secondary N) is 1. The van der Waals surface area contributed by atoms with Crippen molar-refractivity contribution in [3.05, 3.63) is 0 Å². The molecule has 1 saturated heterocycles. The summed E-state index contributed by atoms with van der Waals surface area (Å²) in [7, 11) is 0. The maximum atomic E-state index is 12.6. The molecule has 2 aliphatic carbocycles. The van der Waals surface area contributed by atoms with Gasteiger partial charge in [-0.2, -0.15) is 0 Å². The monoisotopic (exact) mass is 280 g/mol. The molecule has 3 rings (SSSR count). The summed E-state index contributed by atoms with van der Waals surface area (Å²) >= 11 is 0. The van der Waals surface area contributed by atoms with Gasteiger partial charge in [0.05, 0.1) is 18.3 Å². The summed E-state index contributed by atoms with van der Waals surface area (Å²) in [5, 5.41) is 3.65. The summed E-state index contributed by atoms with van der Waals surface area (Å²) in [6.07, 6.45) is 7.50. The fraction of sp³-hybridized carbons (Fsp3) is 0.938. The van der Waals surface area contributed by atoms with E-state index >= 15 is 0 Å². The van der Waals surface area contributed by atoms with Crippen LogP contribution < -0.4 is 5.32 Å². The van der Waals surface area contributed by atoms with Crippen LogP contribution in [0.25, 0.3) is 0 Å². The molecule has 0 aromatic carbocycles. The van der Waals surface area contributed by atoms with Gasteiger partial charge in [-0.25, -0.2) is 0 Å². The minimum atomic E-state index is -0.175. The maximum Gasteiger partial charge on any atom is 0.244 e. The van der Waals surface area contributed by atoms with Crippen molar-refractivity contribution in [2.45, 2.75) is 64.1 Å². The fourth-order valence-corrected chi connectivity index (χ4v) is 3.68. The van der Waals surface area contributed by atoms with Crippen molar-refractivity contribution in [1.82, 2.24) is 10.2 Å². The van der Waals surface area contributed by atoms with Gasteiger partial charge in [-0.15, -0.1) is 0 Å². The Morgan fingerprint density at radius 1 is 1.35 bits per heavy atom. The number of amides is 1. The van der Waals surface area contributed by atoms with E-state index in [4.69, 9.17) is 4.74 Å². The van der Waals surface area contributed by atoms with E-state index in [0.717, 1.165) is 26.0 Å². The minimum absolute atomic E-state index is 0.175. The Labute approximate surface area is 122 Å². The lowest BCUT2D eigenvalue weighted by molar-refractivity contribution is -0.132. The van der Waals surface area contributed by atoms with Gasteiger partial charge in [0.2, 0.25) is 5.91 Å². The standard InChI is InChI=1S/C16H28N2O2/c1-12(2)11-20-10-9-18-14(13-5-3-4-6-13)17-16(7-8-16)15(18)19/h12-14,17H,3-11H2,1-2H3. The van der Waals surface area contributed by atoms with E-state index in [-0.39, 0.29) is 11.7 Å². The van der Waals surface area contributed by atoms with Crippen LogP contribution >= 0.6 is 0 Å². The summed E-state index contributed by atoms with van der Waals surface area (Å²) in [6.45, 7) is 6.52. The van der Waals surface area contributed by atoms with E-state index < -0.39 is 0 Å². The molecule has 2 saturated carbocycles. The fourth-order valence-electron chi connectivity index (χ4n) is 3.68. The molecule has 3 aliphatic rings. The molecule has 1 spiro atoms. The van der Waals surface area contributed by atoms with Crippen LogP contribution in [0.5, 0.6) is 0 Å². The first-order chi connectivity index (χ1) is 9.62. The highest BCUT2D eigenvalue weighted by Gasteiger charge is 2.60. The normalized spacial score (nSPS) is 29.1. The van der Waals surface area contributed by atoms with Gasteiger partial charge >= 0.3 is 0 Å². The quantitative estimate of drug-likeness (QED) is 0.758. The predicted molar refractivity (Wildman–Crippen MR) is 78.2 cm³/mol. The molecular formula is C16H28N2O2. The molecule has 0 radical (unpaired) electrons. The van der Waals surface area contributed by atoms with Gasteiger partial charge in [0.25, 0.3) is 0 Å². The average Bonchev–Trinajstić information content (AvgIpc) is 2.89. The second-order valence-electron chi connectivity index (χ2n) is 7.18. The van der Waals surface area contributed by atoms with Crippen molar-refractivity contribution < 1.29 is 9.53 Å². The zero-order valence-corrected chi connectivity index (χ0v) is 12.9. The van der Waals surface area contributed by atoms with E-state index in [1.807, 2.05) is 0 Å². The third-order valence-electron chi connectivity index (χ3n) is 4.95. The zero-order valence-electron chi connectivity index (χ0n) is 12.9. The van der Waals surface area contributed by atoms with E-state index in [9.17, 15) is 4.79 Å². The number of carbonyl (C=O) groups is 1. The van der Waals surface area contributed by atoms with E-state index in [2.05, 4.69) is 24.1 Å². The molecule has 1 atom stereocenters. The van der Waals surface area contributed by atoms with Crippen molar-refractivity contribution in [2.24, 2.45) is 11.8 Å². The van der Waals surface area contributed by atoms with Crippen LogP contribution in [0.4, 0.5) is 0 Å². The number of hydrogen-bond acceptors (Lipinski definition) is 3. The van der Waals surface area contributed by atoms with Crippen molar-refractivity contribution in [1.29, 1.82) is 0 Å².